The third-order valence-electron chi connectivity index (χ3n) is 4.69. The number of aryl methyl sites for hydroxylation is 2. The molecule has 5 nitrogen and oxygen atoms in total. The Morgan fingerprint density at radius 2 is 1.21 bits per heavy atom. The van der Waals surface area contributed by atoms with E-state index < -0.39 is 0 Å². The van der Waals surface area contributed by atoms with E-state index in [1.807, 2.05) is 62.4 Å². The minimum atomic E-state index is -0.0137. The summed E-state index contributed by atoms with van der Waals surface area (Å²) in [5, 5.41) is 5.95. The van der Waals surface area contributed by atoms with Crippen molar-refractivity contribution in [2.24, 2.45) is 0 Å². The fourth-order valence-electron chi connectivity index (χ4n) is 3.09. The Morgan fingerprint density at radius 1 is 0.786 bits per heavy atom. The van der Waals surface area contributed by atoms with Crippen LogP contribution < -0.4 is 15.5 Å². The van der Waals surface area contributed by atoms with Crippen molar-refractivity contribution in [2.45, 2.75) is 26.7 Å². The number of carbonyl (C=O) groups excluding carboxylic acids is 2. The maximum atomic E-state index is 12.1. The lowest BCUT2D eigenvalue weighted by Gasteiger charge is -2.14. The van der Waals surface area contributed by atoms with E-state index >= 15 is 0 Å². The molecule has 0 bridgehead atoms. The average Bonchev–Trinajstić information content (AvgIpc) is 2.68. The van der Waals surface area contributed by atoms with Gasteiger partial charge in [-0.3, -0.25) is 9.59 Å². The highest BCUT2D eigenvalue weighted by Crippen LogP contribution is 2.04. The first kappa shape index (κ1) is 21.6. The van der Waals surface area contributed by atoms with Gasteiger partial charge in [-0.25, -0.2) is 0 Å². The van der Waals surface area contributed by atoms with Gasteiger partial charge in [0.15, 0.2) is 0 Å². The average molecular weight is 383 g/mol. The molecule has 0 spiro atoms. The first-order valence-corrected chi connectivity index (χ1v) is 9.97. The van der Waals surface area contributed by atoms with E-state index in [1.165, 1.54) is 4.90 Å². The number of quaternary nitrogens is 1. The summed E-state index contributed by atoms with van der Waals surface area (Å²) in [4.78, 5) is 25.6. The van der Waals surface area contributed by atoms with Crippen molar-refractivity contribution in [2.75, 3.05) is 33.2 Å². The molecule has 0 aliphatic heterocycles. The van der Waals surface area contributed by atoms with Crippen molar-refractivity contribution < 1.29 is 14.5 Å². The molecule has 0 aliphatic carbocycles. The Balaban J connectivity index is 1.56. The van der Waals surface area contributed by atoms with Gasteiger partial charge in [0.05, 0.1) is 20.1 Å². The standard InChI is InChI=1S/C23H31N3O2/c1-18-8-4-10-20(16-18)22(27)24-12-6-14-26(3)15-7-13-25-23(28)21-11-5-9-19(2)17-21/h4-5,8-11,16-17H,6-7,12-15H2,1-3H3,(H,24,27)(H,25,28)/p+1. The van der Waals surface area contributed by atoms with Crippen LogP contribution in [-0.4, -0.2) is 45.0 Å². The van der Waals surface area contributed by atoms with E-state index in [0.717, 1.165) is 37.1 Å². The van der Waals surface area contributed by atoms with Gasteiger partial charge in [0.1, 0.15) is 0 Å². The number of benzene rings is 2. The molecule has 150 valence electrons. The fourth-order valence-corrected chi connectivity index (χ4v) is 3.09. The number of hydrogen-bond acceptors (Lipinski definition) is 2. The van der Waals surface area contributed by atoms with Crippen molar-refractivity contribution in [3.05, 3.63) is 70.8 Å². The molecule has 0 aliphatic rings. The highest BCUT2D eigenvalue weighted by Gasteiger charge is 2.07. The van der Waals surface area contributed by atoms with Crippen LogP contribution in [0.15, 0.2) is 48.5 Å². The predicted molar refractivity (Wildman–Crippen MR) is 113 cm³/mol. The Bertz CT molecular complexity index is 723. The predicted octanol–water partition coefficient (Wildman–Crippen LogP) is 1.76. The van der Waals surface area contributed by atoms with Gasteiger partial charge < -0.3 is 15.5 Å². The van der Waals surface area contributed by atoms with Gasteiger partial charge in [0.2, 0.25) is 0 Å². The molecule has 3 N–H and O–H groups in total. The van der Waals surface area contributed by atoms with Crippen molar-refractivity contribution in [3.63, 3.8) is 0 Å². The third kappa shape index (κ3) is 7.53. The summed E-state index contributed by atoms with van der Waals surface area (Å²) in [6.07, 6.45) is 1.86. The van der Waals surface area contributed by atoms with Gasteiger partial charge >= 0.3 is 0 Å². The van der Waals surface area contributed by atoms with E-state index in [2.05, 4.69) is 17.7 Å². The first-order valence-electron chi connectivity index (χ1n) is 9.97. The summed E-state index contributed by atoms with van der Waals surface area (Å²) in [6.45, 7) is 7.29. The van der Waals surface area contributed by atoms with Gasteiger partial charge in [-0.1, -0.05) is 35.4 Å². The summed E-state index contributed by atoms with van der Waals surface area (Å²) in [5.74, 6) is -0.0274. The van der Waals surface area contributed by atoms with Crippen LogP contribution in [0.25, 0.3) is 0 Å². The number of hydrogen-bond donors (Lipinski definition) is 3. The van der Waals surface area contributed by atoms with Gasteiger partial charge in [-0.15, -0.1) is 0 Å². The van der Waals surface area contributed by atoms with Crippen LogP contribution in [0.4, 0.5) is 0 Å². The Kier molecular flexibility index (Phi) is 8.69. The second kappa shape index (κ2) is 11.2. The molecule has 28 heavy (non-hydrogen) atoms. The van der Waals surface area contributed by atoms with Gasteiger partial charge in [0.25, 0.3) is 11.8 Å². The smallest absolute Gasteiger partial charge is 0.251 e. The molecule has 0 saturated carbocycles. The fraction of sp³-hybridized carbons (Fsp3) is 0.391. The Labute approximate surface area is 168 Å². The molecule has 5 heteroatoms. The lowest BCUT2D eigenvalue weighted by Crippen LogP contribution is -3.09. The van der Waals surface area contributed by atoms with Crippen molar-refractivity contribution in [3.8, 4) is 0 Å². The van der Waals surface area contributed by atoms with E-state index in [1.54, 1.807) is 0 Å². The van der Waals surface area contributed by atoms with Crippen LogP contribution in [-0.2, 0) is 0 Å². The van der Waals surface area contributed by atoms with Crippen molar-refractivity contribution in [1.29, 1.82) is 0 Å². The summed E-state index contributed by atoms with van der Waals surface area (Å²) in [5.41, 5.74) is 3.60. The van der Waals surface area contributed by atoms with Crippen LogP contribution >= 0.6 is 0 Å². The summed E-state index contributed by atoms with van der Waals surface area (Å²) < 4.78 is 0. The van der Waals surface area contributed by atoms with Gasteiger partial charge in [-0.2, -0.15) is 0 Å². The van der Waals surface area contributed by atoms with Crippen LogP contribution in [0, 0.1) is 13.8 Å². The lowest BCUT2D eigenvalue weighted by atomic mass is 10.1. The normalized spacial score (nSPS) is 10.7. The highest BCUT2D eigenvalue weighted by molar-refractivity contribution is 5.94. The second-order valence-electron chi connectivity index (χ2n) is 7.41. The molecular weight excluding hydrogens is 350 g/mol. The monoisotopic (exact) mass is 382 g/mol. The van der Waals surface area contributed by atoms with E-state index in [9.17, 15) is 9.59 Å². The second-order valence-corrected chi connectivity index (χ2v) is 7.41. The molecule has 0 fully saturated rings. The van der Waals surface area contributed by atoms with Crippen LogP contribution in [0.5, 0.6) is 0 Å². The zero-order valence-electron chi connectivity index (χ0n) is 17.2. The summed E-state index contributed by atoms with van der Waals surface area (Å²) in [7, 11) is 2.14. The maximum Gasteiger partial charge on any atom is 0.251 e. The molecular formula is C23H32N3O2+. The Morgan fingerprint density at radius 3 is 1.61 bits per heavy atom. The molecule has 0 radical (unpaired) electrons. The molecule has 2 aromatic rings. The topological polar surface area (TPSA) is 62.6 Å². The van der Waals surface area contributed by atoms with Crippen LogP contribution in [0.3, 0.4) is 0 Å². The van der Waals surface area contributed by atoms with Gasteiger partial charge in [-0.05, 0) is 38.1 Å². The first-order chi connectivity index (χ1) is 13.5. The quantitative estimate of drug-likeness (QED) is 0.549. The number of rotatable bonds is 10. The van der Waals surface area contributed by atoms with E-state index in [4.69, 9.17) is 0 Å². The lowest BCUT2D eigenvalue weighted by molar-refractivity contribution is -0.879. The van der Waals surface area contributed by atoms with Gasteiger partial charge in [0, 0.05) is 37.1 Å². The highest BCUT2D eigenvalue weighted by atomic mass is 16.2. The number of nitrogens with one attached hydrogen (secondary N) is 3. The van der Waals surface area contributed by atoms with E-state index in [-0.39, 0.29) is 11.8 Å². The molecule has 0 heterocycles. The molecule has 0 aromatic heterocycles. The number of carbonyl (C=O) groups is 2. The summed E-state index contributed by atoms with van der Waals surface area (Å²) in [6, 6.07) is 15.3. The summed E-state index contributed by atoms with van der Waals surface area (Å²) >= 11 is 0. The van der Waals surface area contributed by atoms with Crippen LogP contribution in [0.1, 0.15) is 44.7 Å². The minimum Gasteiger partial charge on any atom is -0.352 e. The zero-order valence-corrected chi connectivity index (χ0v) is 17.2. The largest absolute Gasteiger partial charge is 0.352 e. The molecule has 0 atom stereocenters. The zero-order chi connectivity index (χ0) is 20.4. The van der Waals surface area contributed by atoms with Crippen LogP contribution in [0.2, 0.25) is 0 Å². The van der Waals surface area contributed by atoms with E-state index in [0.29, 0.717) is 24.2 Å². The maximum absolute atomic E-state index is 12.1. The molecule has 2 rings (SSSR count). The van der Waals surface area contributed by atoms with Crippen molar-refractivity contribution >= 4 is 11.8 Å². The Hall–Kier alpha value is -2.66. The molecule has 2 aromatic carbocycles. The molecule has 2 amide bonds. The number of amides is 2. The SMILES string of the molecule is Cc1cccc(C(=O)NCCC[NH+](C)CCCNC(=O)c2cccc(C)c2)c1. The molecule has 0 saturated heterocycles. The molecule has 0 unspecified atom stereocenters. The third-order valence-corrected chi connectivity index (χ3v) is 4.69. The minimum absolute atomic E-state index is 0.0137. The van der Waals surface area contributed by atoms with Crippen molar-refractivity contribution in [1.82, 2.24) is 10.6 Å².